The second-order valence-electron chi connectivity index (χ2n) is 9.12. The van der Waals surface area contributed by atoms with Crippen molar-refractivity contribution in [1.29, 1.82) is 0 Å². The van der Waals surface area contributed by atoms with Crippen LogP contribution in [0.15, 0.2) is 41.8 Å². The van der Waals surface area contributed by atoms with E-state index >= 15 is 0 Å². The maximum Gasteiger partial charge on any atom is 0.271 e. The number of methoxy groups -OCH3 is 1. The molecule has 2 amide bonds. The van der Waals surface area contributed by atoms with Gasteiger partial charge < -0.3 is 19.5 Å². The molecule has 1 atom stereocenters. The van der Waals surface area contributed by atoms with E-state index in [1.54, 1.807) is 23.3 Å². The number of fused-ring (bicyclic) bond motifs is 3. The van der Waals surface area contributed by atoms with Crippen LogP contribution >= 0.6 is 11.3 Å². The number of carbonyl (C=O) groups is 2. The quantitative estimate of drug-likeness (QED) is 0.579. The summed E-state index contributed by atoms with van der Waals surface area (Å²) in [4.78, 5) is 29.0. The van der Waals surface area contributed by atoms with Crippen molar-refractivity contribution in [2.24, 2.45) is 0 Å². The minimum atomic E-state index is -0.559. The zero-order chi connectivity index (χ0) is 22.8. The van der Waals surface area contributed by atoms with Gasteiger partial charge in [-0.25, -0.2) is 0 Å². The average Bonchev–Trinajstić information content (AvgIpc) is 3.39. The Morgan fingerprint density at radius 2 is 1.88 bits per heavy atom. The fourth-order valence-corrected chi connectivity index (χ4v) is 6.05. The lowest BCUT2D eigenvalue weighted by Crippen LogP contribution is -2.56. The van der Waals surface area contributed by atoms with E-state index in [1.165, 1.54) is 19.3 Å². The second kappa shape index (κ2) is 9.59. The molecule has 1 aliphatic heterocycles. The highest BCUT2D eigenvalue weighted by atomic mass is 32.1. The number of rotatable bonds is 5. The van der Waals surface area contributed by atoms with Crippen molar-refractivity contribution < 1.29 is 14.3 Å². The Kier molecular flexibility index (Phi) is 6.40. The molecule has 3 heterocycles. The van der Waals surface area contributed by atoms with Crippen molar-refractivity contribution in [3.8, 4) is 5.75 Å². The van der Waals surface area contributed by atoms with E-state index in [0.29, 0.717) is 18.8 Å². The van der Waals surface area contributed by atoms with Gasteiger partial charge in [-0.15, -0.1) is 11.3 Å². The summed E-state index contributed by atoms with van der Waals surface area (Å²) in [5.74, 6) is 0.575. The maximum atomic E-state index is 13.7. The largest absolute Gasteiger partial charge is 0.496 e. The molecule has 3 aromatic rings. The van der Waals surface area contributed by atoms with Crippen molar-refractivity contribution in [1.82, 2.24) is 14.8 Å². The number of nitrogens with one attached hydrogen (secondary N) is 1. The molecule has 174 valence electrons. The molecule has 2 aliphatic rings. The van der Waals surface area contributed by atoms with Gasteiger partial charge in [0.05, 0.1) is 30.4 Å². The van der Waals surface area contributed by atoms with Gasteiger partial charge in [0.25, 0.3) is 5.91 Å². The first-order valence-corrected chi connectivity index (χ1v) is 12.8. The first-order chi connectivity index (χ1) is 16.2. The fraction of sp³-hybridized carbons (Fsp3) is 0.462. The van der Waals surface area contributed by atoms with Crippen molar-refractivity contribution in [3.63, 3.8) is 0 Å². The minimum absolute atomic E-state index is 0.0495. The van der Waals surface area contributed by atoms with E-state index in [-0.39, 0.29) is 17.9 Å². The first-order valence-electron chi connectivity index (χ1n) is 12.0. The topological polar surface area (TPSA) is 63.6 Å². The molecule has 1 aromatic carbocycles. The van der Waals surface area contributed by atoms with Crippen molar-refractivity contribution >= 4 is 33.4 Å². The van der Waals surface area contributed by atoms with Gasteiger partial charge in [0, 0.05) is 11.6 Å². The van der Waals surface area contributed by atoms with E-state index < -0.39 is 6.04 Å². The second-order valence-corrected chi connectivity index (χ2v) is 10.1. The molecule has 1 aliphatic carbocycles. The molecule has 0 radical (unpaired) electrons. The third kappa shape index (κ3) is 4.38. The van der Waals surface area contributed by atoms with Crippen LogP contribution in [-0.4, -0.2) is 40.5 Å². The number of amides is 2. The molecular formula is C26H31N3O3S. The number of para-hydroxylation sites is 1. The Bertz CT molecular complexity index is 1140. The summed E-state index contributed by atoms with van der Waals surface area (Å²) in [5.41, 5.74) is 2.59. The first kappa shape index (κ1) is 22.0. The van der Waals surface area contributed by atoms with E-state index in [0.717, 1.165) is 47.2 Å². The number of hydrogen-bond acceptors (Lipinski definition) is 4. The fourth-order valence-electron chi connectivity index (χ4n) is 5.23. The van der Waals surface area contributed by atoms with Gasteiger partial charge in [0.1, 0.15) is 17.5 Å². The van der Waals surface area contributed by atoms with Crippen molar-refractivity contribution in [2.75, 3.05) is 7.11 Å². The van der Waals surface area contributed by atoms with Gasteiger partial charge in [-0.1, -0.05) is 50.3 Å². The molecule has 1 N–H and O–H groups in total. The molecule has 5 rings (SSSR count). The number of thiophene rings is 1. The Balaban J connectivity index is 1.46. The van der Waals surface area contributed by atoms with Crippen LogP contribution in [0, 0.1) is 0 Å². The van der Waals surface area contributed by atoms with Gasteiger partial charge in [-0.3, -0.25) is 9.59 Å². The molecule has 0 saturated heterocycles. The van der Waals surface area contributed by atoms with Crippen molar-refractivity contribution in [2.45, 2.75) is 70.1 Å². The van der Waals surface area contributed by atoms with Crippen LogP contribution in [-0.2, 0) is 17.9 Å². The standard InChI is InChI=1S/C26H31N3O3S/c1-32-23-12-8-7-9-18(23)16-29-22(25(30)27-19-10-5-3-2-4-6-11-19)17-28-20-13-14-33-24(20)15-21(28)26(29)31/h7-9,12-15,19,22H,2-6,10-11,16-17H2,1H3,(H,27,30). The van der Waals surface area contributed by atoms with Crippen LogP contribution in [0.1, 0.15) is 61.0 Å². The highest BCUT2D eigenvalue weighted by Gasteiger charge is 2.38. The van der Waals surface area contributed by atoms with Gasteiger partial charge in [0.2, 0.25) is 5.91 Å². The predicted molar refractivity (Wildman–Crippen MR) is 131 cm³/mol. The number of aromatic nitrogens is 1. The Morgan fingerprint density at radius 1 is 1.12 bits per heavy atom. The van der Waals surface area contributed by atoms with Crippen LogP contribution in [0.4, 0.5) is 0 Å². The Labute approximate surface area is 198 Å². The summed E-state index contributed by atoms with van der Waals surface area (Å²) in [7, 11) is 1.63. The molecule has 33 heavy (non-hydrogen) atoms. The summed E-state index contributed by atoms with van der Waals surface area (Å²) in [5, 5.41) is 5.35. The van der Waals surface area contributed by atoms with E-state index in [1.807, 2.05) is 46.3 Å². The smallest absolute Gasteiger partial charge is 0.271 e. The van der Waals surface area contributed by atoms with E-state index in [9.17, 15) is 9.59 Å². The number of nitrogens with zero attached hydrogens (tertiary/aromatic N) is 2. The molecule has 1 fully saturated rings. The zero-order valence-electron chi connectivity index (χ0n) is 19.1. The number of hydrogen-bond donors (Lipinski definition) is 1. The molecule has 0 bridgehead atoms. The van der Waals surface area contributed by atoms with Crippen LogP contribution < -0.4 is 10.1 Å². The molecule has 1 saturated carbocycles. The Morgan fingerprint density at radius 3 is 2.67 bits per heavy atom. The lowest BCUT2D eigenvalue weighted by Gasteiger charge is -2.37. The van der Waals surface area contributed by atoms with Crippen LogP contribution in [0.3, 0.4) is 0 Å². The number of carbonyl (C=O) groups excluding carboxylic acids is 2. The minimum Gasteiger partial charge on any atom is -0.496 e. The summed E-state index contributed by atoms with van der Waals surface area (Å²) < 4.78 is 8.63. The van der Waals surface area contributed by atoms with Gasteiger partial charge in [0.15, 0.2) is 0 Å². The van der Waals surface area contributed by atoms with Gasteiger partial charge >= 0.3 is 0 Å². The third-order valence-electron chi connectivity index (χ3n) is 7.02. The molecule has 7 heteroatoms. The van der Waals surface area contributed by atoms with Crippen LogP contribution in [0.2, 0.25) is 0 Å². The van der Waals surface area contributed by atoms with Crippen LogP contribution in [0.25, 0.3) is 10.2 Å². The molecule has 1 unspecified atom stereocenters. The summed E-state index contributed by atoms with van der Waals surface area (Å²) in [6, 6.07) is 11.3. The van der Waals surface area contributed by atoms with E-state index in [2.05, 4.69) is 5.32 Å². The lowest BCUT2D eigenvalue weighted by atomic mass is 9.96. The van der Waals surface area contributed by atoms with E-state index in [4.69, 9.17) is 4.74 Å². The third-order valence-corrected chi connectivity index (χ3v) is 7.87. The molecular weight excluding hydrogens is 434 g/mol. The zero-order valence-corrected chi connectivity index (χ0v) is 19.9. The molecule has 2 aromatic heterocycles. The van der Waals surface area contributed by atoms with Gasteiger partial charge in [-0.05, 0) is 36.4 Å². The van der Waals surface area contributed by atoms with Gasteiger partial charge in [-0.2, -0.15) is 0 Å². The summed E-state index contributed by atoms with van der Waals surface area (Å²) >= 11 is 1.62. The summed E-state index contributed by atoms with van der Waals surface area (Å²) in [6.07, 6.45) is 8.09. The summed E-state index contributed by atoms with van der Waals surface area (Å²) in [6.45, 7) is 0.805. The highest BCUT2D eigenvalue weighted by molar-refractivity contribution is 7.17. The number of benzene rings is 1. The van der Waals surface area contributed by atoms with Crippen molar-refractivity contribution in [3.05, 3.63) is 53.0 Å². The Hall–Kier alpha value is -2.80. The SMILES string of the molecule is COc1ccccc1CN1C(=O)c2cc3sccc3n2CC1C(=O)NC1CCCCCCC1. The van der Waals surface area contributed by atoms with Crippen LogP contribution in [0.5, 0.6) is 5.75 Å². The molecule has 6 nitrogen and oxygen atoms in total. The maximum absolute atomic E-state index is 13.7. The lowest BCUT2D eigenvalue weighted by molar-refractivity contribution is -0.127. The normalized spacial score (nSPS) is 19.7. The molecule has 0 spiro atoms. The predicted octanol–water partition coefficient (Wildman–Crippen LogP) is 4.97. The number of ether oxygens (including phenoxy) is 1. The average molecular weight is 466 g/mol. The highest BCUT2D eigenvalue weighted by Crippen LogP contribution is 2.32. The monoisotopic (exact) mass is 465 g/mol.